The van der Waals surface area contributed by atoms with Crippen molar-refractivity contribution < 1.29 is 0 Å². The summed E-state index contributed by atoms with van der Waals surface area (Å²) in [6, 6.07) is 9.79. The van der Waals surface area contributed by atoms with Crippen LogP contribution < -0.4 is 5.32 Å². The second-order valence-corrected chi connectivity index (χ2v) is 4.50. The molecule has 17 heavy (non-hydrogen) atoms. The molecular weight excluding hydrogens is 232 g/mol. The van der Waals surface area contributed by atoms with Gasteiger partial charge in [-0.25, -0.2) is 4.98 Å². The predicted molar refractivity (Wildman–Crippen MR) is 67.8 cm³/mol. The predicted octanol–water partition coefficient (Wildman–Crippen LogP) is 2.89. The van der Waals surface area contributed by atoms with Crippen LogP contribution in [0.3, 0.4) is 0 Å². The molecule has 0 bridgehead atoms. The van der Waals surface area contributed by atoms with Crippen LogP contribution in [0, 0.1) is 18.3 Å². The Balaban J connectivity index is 2.09. The molecule has 2 rings (SSSR count). The second-order valence-electron chi connectivity index (χ2n) is 3.75. The van der Waals surface area contributed by atoms with Crippen LogP contribution in [0.2, 0.25) is 0 Å². The number of benzene rings is 1. The van der Waals surface area contributed by atoms with Crippen molar-refractivity contribution in [2.24, 2.45) is 0 Å². The maximum atomic E-state index is 8.72. The number of aromatic nitrogens is 2. The fourth-order valence-electron chi connectivity index (χ4n) is 1.47. The van der Waals surface area contributed by atoms with Crippen molar-refractivity contribution >= 4 is 16.7 Å². The first kappa shape index (κ1) is 11.6. The van der Waals surface area contributed by atoms with E-state index in [9.17, 15) is 0 Å². The van der Waals surface area contributed by atoms with Gasteiger partial charge in [-0.3, -0.25) is 0 Å². The summed E-state index contributed by atoms with van der Waals surface area (Å²) >= 11 is 1.36. The van der Waals surface area contributed by atoms with Gasteiger partial charge in [0.25, 0.3) is 0 Å². The summed E-state index contributed by atoms with van der Waals surface area (Å²) in [7, 11) is 0. The van der Waals surface area contributed by atoms with E-state index in [1.165, 1.54) is 11.5 Å². The van der Waals surface area contributed by atoms with Crippen molar-refractivity contribution in [1.82, 2.24) is 9.36 Å². The maximum Gasteiger partial charge on any atom is 0.203 e. The Kier molecular flexibility index (Phi) is 3.35. The molecule has 1 aromatic carbocycles. The Hall–Kier alpha value is -1.93. The first-order valence-electron chi connectivity index (χ1n) is 5.26. The molecule has 0 saturated carbocycles. The average molecular weight is 244 g/mol. The van der Waals surface area contributed by atoms with Crippen LogP contribution in [0.5, 0.6) is 0 Å². The summed E-state index contributed by atoms with van der Waals surface area (Å²) in [6.07, 6.45) is 0. The smallest absolute Gasteiger partial charge is 0.203 e. The Morgan fingerprint density at radius 2 is 2.06 bits per heavy atom. The molecule has 0 fully saturated rings. The van der Waals surface area contributed by atoms with Gasteiger partial charge < -0.3 is 5.32 Å². The van der Waals surface area contributed by atoms with Crippen LogP contribution in [-0.4, -0.2) is 9.36 Å². The lowest BCUT2D eigenvalue weighted by atomic mass is 10.1. The van der Waals surface area contributed by atoms with E-state index in [1.807, 2.05) is 31.2 Å². The zero-order valence-corrected chi connectivity index (χ0v) is 10.5. The first-order valence-corrected chi connectivity index (χ1v) is 6.03. The Morgan fingerprint density at radius 1 is 1.35 bits per heavy atom. The van der Waals surface area contributed by atoms with Crippen molar-refractivity contribution in [3.05, 3.63) is 41.2 Å². The molecule has 1 N–H and O–H groups in total. The molecule has 1 aromatic heterocycles. The number of anilines is 1. The molecule has 0 aliphatic heterocycles. The number of hydrogen-bond donors (Lipinski definition) is 1. The van der Waals surface area contributed by atoms with Gasteiger partial charge in [0.15, 0.2) is 0 Å². The fourth-order valence-corrected chi connectivity index (χ4v) is 2.13. The average Bonchev–Trinajstić information content (AvgIpc) is 2.75. The molecule has 1 unspecified atom stereocenters. The Labute approximate surface area is 104 Å². The number of nitrogens with one attached hydrogen (secondary N) is 1. The third-order valence-corrected chi connectivity index (χ3v) is 3.14. The SMILES string of the molecule is Cc1nsc(NC(C)c2ccc(C#N)cc2)n1. The molecule has 0 aliphatic rings. The zero-order chi connectivity index (χ0) is 12.3. The molecule has 1 heterocycles. The minimum atomic E-state index is 0.148. The van der Waals surface area contributed by atoms with Gasteiger partial charge in [0.1, 0.15) is 5.82 Å². The molecule has 0 saturated heterocycles. The largest absolute Gasteiger partial charge is 0.354 e. The molecule has 1 atom stereocenters. The normalized spacial score (nSPS) is 11.8. The number of aryl methyl sites for hydroxylation is 1. The van der Waals surface area contributed by atoms with E-state index >= 15 is 0 Å². The van der Waals surface area contributed by atoms with Crippen LogP contribution in [0.25, 0.3) is 0 Å². The summed E-state index contributed by atoms with van der Waals surface area (Å²) in [6.45, 7) is 3.92. The fraction of sp³-hybridized carbons (Fsp3) is 0.250. The standard InChI is InChI=1S/C12H12N4S/c1-8(14-12-15-9(2)16-17-12)11-5-3-10(7-13)4-6-11/h3-6,8H,1-2H3,(H,14,15,16). The van der Waals surface area contributed by atoms with Gasteiger partial charge in [0.2, 0.25) is 5.13 Å². The van der Waals surface area contributed by atoms with Crippen LogP contribution in [-0.2, 0) is 0 Å². The van der Waals surface area contributed by atoms with E-state index in [-0.39, 0.29) is 6.04 Å². The highest BCUT2D eigenvalue weighted by molar-refractivity contribution is 7.09. The van der Waals surface area contributed by atoms with Crippen LogP contribution in [0.1, 0.15) is 29.9 Å². The van der Waals surface area contributed by atoms with Gasteiger partial charge in [-0.2, -0.15) is 9.64 Å². The Morgan fingerprint density at radius 3 is 2.59 bits per heavy atom. The van der Waals surface area contributed by atoms with Gasteiger partial charge in [-0.1, -0.05) is 12.1 Å². The van der Waals surface area contributed by atoms with Crippen molar-refractivity contribution in [2.45, 2.75) is 19.9 Å². The van der Waals surface area contributed by atoms with Gasteiger partial charge >= 0.3 is 0 Å². The second kappa shape index (κ2) is 4.93. The van der Waals surface area contributed by atoms with Crippen molar-refractivity contribution in [2.75, 3.05) is 5.32 Å². The number of rotatable bonds is 3. The van der Waals surface area contributed by atoms with E-state index in [4.69, 9.17) is 5.26 Å². The molecule has 0 spiro atoms. The summed E-state index contributed by atoms with van der Waals surface area (Å²) in [5.74, 6) is 0.782. The van der Waals surface area contributed by atoms with Gasteiger partial charge in [-0.05, 0) is 31.5 Å². The molecule has 0 aliphatic carbocycles. The third kappa shape index (κ3) is 2.80. The number of nitrogens with zero attached hydrogens (tertiary/aromatic N) is 3. The van der Waals surface area contributed by atoms with Crippen LogP contribution in [0.4, 0.5) is 5.13 Å². The van der Waals surface area contributed by atoms with Crippen molar-refractivity contribution in [1.29, 1.82) is 5.26 Å². The van der Waals surface area contributed by atoms with E-state index in [0.717, 1.165) is 16.5 Å². The third-order valence-electron chi connectivity index (χ3n) is 2.41. The Bertz CT molecular complexity index is 538. The number of nitriles is 1. The van der Waals surface area contributed by atoms with E-state index in [0.29, 0.717) is 5.56 Å². The van der Waals surface area contributed by atoms with E-state index < -0.39 is 0 Å². The molecule has 2 aromatic rings. The zero-order valence-electron chi connectivity index (χ0n) is 9.64. The lowest BCUT2D eigenvalue weighted by Gasteiger charge is -2.12. The highest BCUT2D eigenvalue weighted by Gasteiger charge is 2.07. The van der Waals surface area contributed by atoms with Gasteiger partial charge in [0, 0.05) is 11.5 Å². The van der Waals surface area contributed by atoms with Gasteiger partial charge in [-0.15, -0.1) is 0 Å². The summed E-state index contributed by atoms with van der Waals surface area (Å²) in [4.78, 5) is 4.25. The van der Waals surface area contributed by atoms with Crippen LogP contribution in [0.15, 0.2) is 24.3 Å². The maximum absolute atomic E-state index is 8.72. The molecule has 0 amide bonds. The quantitative estimate of drug-likeness (QED) is 0.901. The topological polar surface area (TPSA) is 61.6 Å². The lowest BCUT2D eigenvalue weighted by Crippen LogP contribution is -2.06. The van der Waals surface area contributed by atoms with Crippen LogP contribution >= 0.6 is 11.5 Å². The summed E-state index contributed by atoms with van der Waals surface area (Å²) in [5, 5.41) is 12.8. The highest BCUT2D eigenvalue weighted by atomic mass is 32.1. The minimum Gasteiger partial charge on any atom is -0.354 e. The van der Waals surface area contributed by atoms with Gasteiger partial charge in [0.05, 0.1) is 17.7 Å². The summed E-state index contributed by atoms with van der Waals surface area (Å²) < 4.78 is 4.12. The van der Waals surface area contributed by atoms with E-state index in [1.54, 1.807) is 0 Å². The highest BCUT2D eigenvalue weighted by Crippen LogP contribution is 2.20. The van der Waals surface area contributed by atoms with E-state index in [2.05, 4.69) is 27.7 Å². The minimum absolute atomic E-state index is 0.148. The lowest BCUT2D eigenvalue weighted by molar-refractivity contribution is 0.879. The summed E-state index contributed by atoms with van der Waals surface area (Å²) in [5.41, 5.74) is 1.80. The molecular formula is C12H12N4S. The molecule has 5 heteroatoms. The monoisotopic (exact) mass is 244 g/mol. The molecule has 0 radical (unpaired) electrons. The first-order chi connectivity index (χ1) is 8.19. The number of hydrogen-bond acceptors (Lipinski definition) is 5. The molecule has 86 valence electrons. The van der Waals surface area contributed by atoms with Crippen molar-refractivity contribution in [3.8, 4) is 6.07 Å². The van der Waals surface area contributed by atoms with Crippen molar-refractivity contribution in [3.63, 3.8) is 0 Å². The molecule has 4 nitrogen and oxygen atoms in total.